The highest BCUT2D eigenvalue weighted by atomic mass is 19.4. The van der Waals surface area contributed by atoms with Crippen molar-refractivity contribution in [1.82, 2.24) is 14.6 Å². The minimum atomic E-state index is -4.41. The van der Waals surface area contributed by atoms with Gasteiger partial charge in [0.05, 0.1) is 5.56 Å². The molecule has 5 nitrogen and oxygen atoms in total. The molecule has 8 heteroatoms. The van der Waals surface area contributed by atoms with Gasteiger partial charge in [-0.1, -0.05) is 0 Å². The maximum absolute atomic E-state index is 12.2. The van der Waals surface area contributed by atoms with E-state index in [9.17, 15) is 18.0 Å². The van der Waals surface area contributed by atoms with E-state index in [4.69, 9.17) is 5.11 Å². The molecular formula is C9H6F3N3O2. The van der Waals surface area contributed by atoms with Crippen molar-refractivity contribution in [2.24, 2.45) is 0 Å². The third kappa shape index (κ3) is 2.35. The first kappa shape index (κ1) is 11.4. The average molecular weight is 245 g/mol. The number of carbonyl (C=O) groups is 1. The number of alkyl halides is 3. The summed E-state index contributed by atoms with van der Waals surface area (Å²) in [6.07, 6.45) is -4.60. The van der Waals surface area contributed by atoms with Crippen LogP contribution in [-0.2, 0) is 6.42 Å². The number of carboxylic acids is 1. The van der Waals surface area contributed by atoms with Crippen molar-refractivity contribution in [1.29, 1.82) is 0 Å². The lowest BCUT2D eigenvalue weighted by atomic mass is 10.3. The van der Waals surface area contributed by atoms with Gasteiger partial charge < -0.3 is 5.11 Å². The first-order chi connectivity index (χ1) is 7.87. The maximum atomic E-state index is 12.2. The average Bonchev–Trinajstić information content (AvgIpc) is 2.58. The van der Waals surface area contributed by atoms with Crippen molar-refractivity contribution in [3.05, 3.63) is 29.7 Å². The van der Waals surface area contributed by atoms with Crippen LogP contribution < -0.4 is 0 Å². The molecule has 0 radical (unpaired) electrons. The summed E-state index contributed by atoms with van der Waals surface area (Å²) >= 11 is 0. The van der Waals surface area contributed by atoms with Gasteiger partial charge in [0.1, 0.15) is 12.2 Å². The zero-order valence-corrected chi connectivity index (χ0v) is 8.27. The van der Waals surface area contributed by atoms with E-state index in [0.717, 1.165) is 10.6 Å². The summed E-state index contributed by atoms with van der Waals surface area (Å²) in [5.74, 6) is -1.56. The summed E-state index contributed by atoms with van der Waals surface area (Å²) in [6.45, 7) is 0. The molecule has 17 heavy (non-hydrogen) atoms. The van der Waals surface area contributed by atoms with E-state index in [0.29, 0.717) is 0 Å². The summed E-state index contributed by atoms with van der Waals surface area (Å²) < 4.78 is 37.7. The highest BCUT2D eigenvalue weighted by Gasteiger charge is 2.30. The van der Waals surface area contributed by atoms with Crippen molar-refractivity contribution in [3.63, 3.8) is 0 Å². The molecule has 0 fully saturated rings. The molecule has 0 aliphatic carbocycles. The van der Waals surface area contributed by atoms with Gasteiger partial charge in [0.2, 0.25) is 0 Å². The topological polar surface area (TPSA) is 67.5 Å². The Morgan fingerprint density at radius 2 is 2.06 bits per heavy atom. The molecule has 90 valence electrons. The van der Waals surface area contributed by atoms with E-state index < -0.39 is 18.6 Å². The van der Waals surface area contributed by atoms with Crippen molar-refractivity contribution in [2.45, 2.75) is 12.6 Å². The lowest BCUT2D eigenvalue weighted by Gasteiger charge is -2.04. The molecule has 2 aromatic rings. The lowest BCUT2D eigenvalue weighted by Crippen LogP contribution is -2.14. The monoisotopic (exact) mass is 245 g/mol. The maximum Gasteiger partial charge on any atom is 0.396 e. The quantitative estimate of drug-likeness (QED) is 0.871. The van der Waals surface area contributed by atoms with Gasteiger partial charge >= 0.3 is 12.1 Å². The van der Waals surface area contributed by atoms with Gasteiger partial charge in [-0.25, -0.2) is 4.79 Å². The van der Waals surface area contributed by atoms with Crippen LogP contribution in [0.3, 0.4) is 0 Å². The number of pyridine rings is 1. The Kier molecular flexibility index (Phi) is 2.49. The molecule has 0 bridgehead atoms. The van der Waals surface area contributed by atoms with Crippen molar-refractivity contribution in [2.75, 3.05) is 0 Å². The zero-order chi connectivity index (χ0) is 12.6. The minimum Gasteiger partial charge on any atom is -0.478 e. The first-order valence-corrected chi connectivity index (χ1v) is 4.50. The van der Waals surface area contributed by atoms with E-state index in [1.807, 2.05) is 0 Å². The van der Waals surface area contributed by atoms with Gasteiger partial charge in [0.25, 0.3) is 0 Å². The van der Waals surface area contributed by atoms with Crippen LogP contribution in [0.15, 0.2) is 18.3 Å². The summed E-state index contributed by atoms with van der Waals surface area (Å²) in [5, 5.41) is 15.6. The summed E-state index contributed by atoms with van der Waals surface area (Å²) in [5.41, 5.74) is 0.0509. The number of rotatable bonds is 2. The van der Waals surface area contributed by atoms with Gasteiger partial charge in [0.15, 0.2) is 5.65 Å². The molecule has 2 rings (SSSR count). The first-order valence-electron chi connectivity index (χ1n) is 4.50. The molecule has 0 saturated carbocycles. The van der Waals surface area contributed by atoms with E-state index in [1.165, 1.54) is 12.1 Å². The number of hydrogen-bond donors (Lipinski definition) is 1. The van der Waals surface area contributed by atoms with Crippen LogP contribution in [0.5, 0.6) is 0 Å². The number of fused-ring (bicyclic) bond motifs is 1. The van der Waals surface area contributed by atoms with Crippen LogP contribution in [0.2, 0.25) is 0 Å². The normalized spacial score (nSPS) is 11.9. The number of hydrogen-bond acceptors (Lipinski definition) is 3. The number of carboxylic acid groups (broad SMARTS) is 1. The van der Waals surface area contributed by atoms with Crippen molar-refractivity contribution >= 4 is 11.6 Å². The number of aromatic nitrogens is 3. The second-order valence-corrected chi connectivity index (χ2v) is 3.36. The highest BCUT2D eigenvalue weighted by Crippen LogP contribution is 2.20. The fourth-order valence-corrected chi connectivity index (χ4v) is 1.36. The molecule has 0 unspecified atom stereocenters. The Bertz CT molecular complexity index is 576. The Labute approximate surface area is 92.5 Å². The van der Waals surface area contributed by atoms with Gasteiger partial charge in [-0.15, -0.1) is 10.2 Å². The molecule has 0 spiro atoms. The third-order valence-electron chi connectivity index (χ3n) is 2.08. The molecule has 2 heterocycles. The second kappa shape index (κ2) is 3.72. The number of halogens is 3. The number of aromatic carboxylic acids is 1. The van der Waals surface area contributed by atoms with Crippen molar-refractivity contribution < 1.29 is 23.1 Å². The van der Waals surface area contributed by atoms with Gasteiger partial charge in [0, 0.05) is 6.20 Å². The molecule has 0 aliphatic rings. The third-order valence-corrected chi connectivity index (χ3v) is 2.08. The summed E-state index contributed by atoms with van der Waals surface area (Å²) in [4.78, 5) is 10.7. The summed E-state index contributed by atoms with van der Waals surface area (Å²) in [7, 11) is 0. The molecule has 0 aliphatic heterocycles. The van der Waals surface area contributed by atoms with E-state index in [1.54, 1.807) is 0 Å². The predicted molar refractivity (Wildman–Crippen MR) is 49.7 cm³/mol. The van der Waals surface area contributed by atoms with Crippen LogP contribution in [-0.4, -0.2) is 31.9 Å². The van der Waals surface area contributed by atoms with Gasteiger partial charge in [-0.3, -0.25) is 4.40 Å². The molecule has 0 aromatic carbocycles. The largest absolute Gasteiger partial charge is 0.478 e. The Morgan fingerprint density at radius 1 is 1.35 bits per heavy atom. The van der Waals surface area contributed by atoms with Crippen LogP contribution in [0.1, 0.15) is 16.2 Å². The standard InChI is InChI=1S/C9H6F3N3O2/c10-9(11,12)3-7-14-13-6-2-1-5(8(16)17)4-15(6)7/h1-2,4H,3H2,(H,16,17). The molecule has 0 amide bonds. The molecular weight excluding hydrogens is 239 g/mol. The van der Waals surface area contributed by atoms with E-state index in [2.05, 4.69) is 10.2 Å². The molecule has 0 atom stereocenters. The SMILES string of the molecule is O=C(O)c1ccc2nnc(CC(F)(F)F)n2c1. The van der Waals surface area contributed by atoms with Gasteiger partial charge in [-0.05, 0) is 12.1 Å². The predicted octanol–water partition coefficient (Wildman–Crippen LogP) is 1.53. The minimum absolute atomic E-state index is 0.124. The smallest absolute Gasteiger partial charge is 0.396 e. The van der Waals surface area contributed by atoms with Crippen LogP contribution >= 0.6 is 0 Å². The fraction of sp³-hybridized carbons (Fsp3) is 0.222. The molecule has 1 N–H and O–H groups in total. The van der Waals surface area contributed by atoms with Crippen LogP contribution in [0, 0.1) is 0 Å². The fourth-order valence-electron chi connectivity index (χ4n) is 1.36. The zero-order valence-electron chi connectivity index (χ0n) is 8.27. The van der Waals surface area contributed by atoms with Crippen LogP contribution in [0.4, 0.5) is 13.2 Å². The van der Waals surface area contributed by atoms with Crippen molar-refractivity contribution in [3.8, 4) is 0 Å². The highest BCUT2D eigenvalue weighted by molar-refractivity contribution is 5.87. The van der Waals surface area contributed by atoms with Gasteiger partial charge in [-0.2, -0.15) is 13.2 Å². The lowest BCUT2D eigenvalue weighted by molar-refractivity contribution is -0.128. The molecule has 2 aromatic heterocycles. The Hall–Kier alpha value is -2.12. The van der Waals surface area contributed by atoms with Crippen LogP contribution in [0.25, 0.3) is 5.65 Å². The Balaban J connectivity index is 2.50. The number of nitrogens with zero attached hydrogens (tertiary/aromatic N) is 3. The Morgan fingerprint density at radius 3 is 2.65 bits per heavy atom. The summed E-state index contributed by atoms with van der Waals surface area (Å²) in [6, 6.07) is 2.56. The van der Waals surface area contributed by atoms with E-state index in [-0.39, 0.29) is 17.0 Å². The van der Waals surface area contributed by atoms with E-state index >= 15 is 0 Å². The second-order valence-electron chi connectivity index (χ2n) is 3.36. The molecule has 0 saturated heterocycles.